The summed E-state index contributed by atoms with van der Waals surface area (Å²) in [6.45, 7) is 1.39. The summed E-state index contributed by atoms with van der Waals surface area (Å²) in [6, 6.07) is 0. The maximum atomic E-state index is 10.4. The van der Waals surface area contributed by atoms with Crippen LogP contribution in [0.25, 0.3) is 0 Å². The predicted molar refractivity (Wildman–Crippen MR) is 31.6 cm³/mol. The Morgan fingerprint density at radius 3 is 2.38 bits per heavy atom. The molecule has 0 aliphatic rings. The third-order valence-corrected chi connectivity index (χ3v) is 1.86. The molecule has 0 radical (unpaired) electrons. The SMILES string of the molecule is CO[PH](=O)CC(C)=O. The molecular weight excluding hydrogens is 127 g/mol. The van der Waals surface area contributed by atoms with E-state index < -0.39 is 8.03 Å². The molecule has 0 rings (SSSR count). The van der Waals surface area contributed by atoms with E-state index in [0.717, 1.165) is 0 Å². The van der Waals surface area contributed by atoms with Gasteiger partial charge in [-0.3, -0.25) is 9.36 Å². The molecule has 0 aromatic heterocycles. The Morgan fingerprint density at radius 2 is 2.25 bits per heavy atom. The van der Waals surface area contributed by atoms with Crippen molar-refractivity contribution < 1.29 is 13.9 Å². The first kappa shape index (κ1) is 7.86. The third-order valence-electron chi connectivity index (χ3n) is 0.621. The lowest BCUT2D eigenvalue weighted by Crippen LogP contribution is -1.92. The van der Waals surface area contributed by atoms with Gasteiger partial charge in [-0.15, -0.1) is 0 Å². The Labute approximate surface area is 48.9 Å². The van der Waals surface area contributed by atoms with Crippen LogP contribution in [0.4, 0.5) is 0 Å². The van der Waals surface area contributed by atoms with E-state index in [1.807, 2.05) is 0 Å². The van der Waals surface area contributed by atoms with Crippen molar-refractivity contribution in [1.29, 1.82) is 0 Å². The third kappa shape index (κ3) is 4.03. The average molecular weight is 136 g/mol. The van der Waals surface area contributed by atoms with E-state index in [1.165, 1.54) is 14.0 Å². The highest BCUT2D eigenvalue weighted by Crippen LogP contribution is 2.18. The number of carbonyl (C=O) groups excluding carboxylic acids is 1. The first-order chi connectivity index (χ1) is 3.66. The molecule has 0 aromatic carbocycles. The molecule has 0 spiro atoms. The summed E-state index contributed by atoms with van der Waals surface area (Å²) in [5.74, 6) is -0.0873. The zero-order valence-corrected chi connectivity index (χ0v) is 5.93. The van der Waals surface area contributed by atoms with Gasteiger partial charge in [0.25, 0.3) is 0 Å². The molecule has 0 N–H and O–H groups in total. The number of rotatable bonds is 3. The molecule has 4 heteroatoms. The number of Topliss-reactive ketones (excluding diaryl/α,β-unsaturated/α-hetero) is 1. The Hall–Kier alpha value is -0.140. The van der Waals surface area contributed by atoms with Crippen molar-refractivity contribution in [1.82, 2.24) is 0 Å². The second kappa shape index (κ2) is 3.81. The zero-order valence-electron chi connectivity index (χ0n) is 4.93. The Morgan fingerprint density at radius 1 is 1.75 bits per heavy atom. The highest BCUT2D eigenvalue weighted by molar-refractivity contribution is 7.40. The topological polar surface area (TPSA) is 43.4 Å². The summed E-state index contributed by atoms with van der Waals surface area (Å²) in [4.78, 5) is 10.2. The summed E-state index contributed by atoms with van der Waals surface area (Å²) in [6.07, 6.45) is 0.0706. The second-order valence-electron chi connectivity index (χ2n) is 1.45. The van der Waals surface area contributed by atoms with Crippen molar-refractivity contribution in [2.45, 2.75) is 6.92 Å². The number of carbonyl (C=O) groups is 1. The molecule has 8 heavy (non-hydrogen) atoms. The van der Waals surface area contributed by atoms with Crippen molar-refractivity contribution in [3.8, 4) is 0 Å². The lowest BCUT2D eigenvalue weighted by atomic mass is 10.5. The maximum absolute atomic E-state index is 10.4. The van der Waals surface area contributed by atoms with E-state index in [2.05, 4.69) is 4.52 Å². The summed E-state index contributed by atoms with van der Waals surface area (Å²) in [5, 5.41) is 0. The quantitative estimate of drug-likeness (QED) is 0.536. The molecule has 48 valence electrons. The van der Waals surface area contributed by atoms with Crippen LogP contribution in [0.1, 0.15) is 6.92 Å². The molecule has 0 saturated carbocycles. The zero-order chi connectivity index (χ0) is 6.57. The van der Waals surface area contributed by atoms with Crippen LogP contribution in [0.3, 0.4) is 0 Å². The van der Waals surface area contributed by atoms with Gasteiger partial charge in [0.15, 0.2) is 8.03 Å². The minimum absolute atomic E-state index is 0.0706. The first-order valence-corrected chi connectivity index (χ1v) is 3.75. The van der Waals surface area contributed by atoms with Gasteiger partial charge in [0.1, 0.15) is 5.78 Å². The molecule has 0 fully saturated rings. The number of ketones is 1. The van der Waals surface area contributed by atoms with E-state index in [0.29, 0.717) is 0 Å². The molecule has 0 aromatic rings. The Bertz CT molecular complexity index is 110. The van der Waals surface area contributed by atoms with Gasteiger partial charge in [0, 0.05) is 7.11 Å². The second-order valence-corrected chi connectivity index (χ2v) is 2.96. The Balaban J connectivity index is 3.40. The molecule has 0 aliphatic heterocycles. The van der Waals surface area contributed by atoms with Crippen LogP contribution in [-0.4, -0.2) is 19.1 Å². The number of hydrogen-bond acceptors (Lipinski definition) is 3. The maximum Gasteiger partial charge on any atom is 0.198 e. The standard InChI is InChI=1S/C4H9O3P/c1-4(5)3-8(6)7-2/h8H,3H2,1-2H3. The van der Waals surface area contributed by atoms with Crippen LogP contribution in [0.5, 0.6) is 0 Å². The molecule has 0 heterocycles. The van der Waals surface area contributed by atoms with Gasteiger partial charge in [-0.1, -0.05) is 0 Å². The fourth-order valence-electron chi connectivity index (χ4n) is 0.275. The summed E-state index contributed by atoms with van der Waals surface area (Å²) in [5.41, 5.74) is 0. The summed E-state index contributed by atoms with van der Waals surface area (Å²) < 4.78 is 14.8. The fourth-order valence-corrected chi connectivity index (χ4v) is 0.826. The normalized spacial score (nSPS) is 13.2. The molecule has 0 bridgehead atoms. The monoisotopic (exact) mass is 136 g/mol. The lowest BCUT2D eigenvalue weighted by molar-refractivity contribution is -0.114. The Kier molecular flexibility index (Phi) is 3.75. The van der Waals surface area contributed by atoms with Crippen LogP contribution in [0.2, 0.25) is 0 Å². The number of hydrogen-bond donors (Lipinski definition) is 0. The first-order valence-electron chi connectivity index (χ1n) is 2.23. The van der Waals surface area contributed by atoms with E-state index in [-0.39, 0.29) is 11.9 Å². The van der Waals surface area contributed by atoms with Crippen molar-refractivity contribution in [3.05, 3.63) is 0 Å². The van der Waals surface area contributed by atoms with Crippen LogP contribution in [0, 0.1) is 0 Å². The van der Waals surface area contributed by atoms with Crippen molar-refractivity contribution >= 4 is 13.8 Å². The smallest absolute Gasteiger partial charge is 0.198 e. The van der Waals surface area contributed by atoms with Gasteiger partial charge >= 0.3 is 0 Å². The van der Waals surface area contributed by atoms with Crippen LogP contribution < -0.4 is 0 Å². The summed E-state index contributed by atoms with van der Waals surface area (Å²) >= 11 is 0. The van der Waals surface area contributed by atoms with Gasteiger partial charge in [-0.05, 0) is 6.92 Å². The molecule has 0 aliphatic carbocycles. The van der Waals surface area contributed by atoms with Gasteiger partial charge < -0.3 is 4.52 Å². The lowest BCUT2D eigenvalue weighted by Gasteiger charge is -1.91. The molecular formula is C4H9O3P. The molecule has 3 nitrogen and oxygen atoms in total. The van der Waals surface area contributed by atoms with Gasteiger partial charge in [0.05, 0.1) is 6.16 Å². The molecule has 0 amide bonds. The largest absolute Gasteiger partial charge is 0.334 e. The highest BCUT2D eigenvalue weighted by atomic mass is 31.1. The average Bonchev–Trinajstić information content (AvgIpc) is 1.65. The highest BCUT2D eigenvalue weighted by Gasteiger charge is 1.98. The van der Waals surface area contributed by atoms with Crippen LogP contribution in [-0.2, 0) is 13.9 Å². The van der Waals surface area contributed by atoms with Gasteiger partial charge in [-0.2, -0.15) is 0 Å². The molecule has 0 saturated heterocycles. The van der Waals surface area contributed by atoms with E-state index in [4.69, 9.17) is 0 Å². The van der Waals surface area contributed by atoms with Crippen LogP contribution >= 0.6 is 8.03 Å². The van der Waals surface area contributed by atoms with E-state index >= 15 is 0 Å². The van der Waals surface area contributed by atoms with Gasteiger partial charge in [-0.25, -0.2) is 0 Å². The molecule has 1 unspecified atom stereocenters. The minimum atomic E-state index is -2.03. The van der Waals surface area contributed by atoms with E-state index in [9.17, 15) is 9.36 Å². The predicted octanol–water partition coefficient (Wildman–Crippen LogP) is 0.696. The van der Waals surface area contributed by atoms with E-state index in [1.54, 1.807) is 0 Å². The minimum Gasteiger partial charge on any atom is -0.334 e. The van der Waals surface area contributed by atoms with Crippen molar-refractivity contribution in [2.24, 2.45) is 0 Å². The summed E-state index contributed by atoms with van der Waals surface area (Å²) in [7, 11) is -0.690. The van der Waals surface area contributed by atoms with Crippen molar-refractivity contribution in [2.75, 3.05) is 13.3 Å². The van der Waals surface area contributed by atoms with Crippen molar-refractivity contribution in [3.63, 3.8) is 0 Å². The molecule has 1 atom stereocenters. The van der Waals surface area contributed by atoms with Gasteiger partial charge in [0.2, 0.25) is 0 Å². The fraction of sp³-hybridized carbons (Fsp3) is 0.750. The van der Waals surface area contributed by atoms with Crippen LogP contribution in [0.15, 0.2) is 0 Å².